The van der Waals surface area contributed by atoms with Gasteiger partial charge in [-0.05, 0) is 20.0 Å². The first-order valence-electron chi connectivity index (χ1n) is 6.11. The van der Waals surface area contributed by atoms with Crippen molar-refractivity contribution in [3.63, 3.8) is 0 Å². The second-order valence-electron chi connectivity index (χ2n) is 4.76. The van der Waals surface area contributed by atoms with E-state index in [0.717, 1.165) is 0 Å². The summed E-state index contributed by atoms with van der Waals surface area (Å²) in [5.41, 5.74) is 0.514. The number of hydrogen-bond donors (Lipinski definition) is 0. The minimum Gasteiger partial charge on any atom is -0.494 e. The van der Waals surface area contributed by atoms with Crippen molar-refractivity contribution in [1.29, 1.82) is 0 Å². The van der Waals surface area contributed by atoms with Crippen LogP contribution < -0.4 is 4.74 Å². The van der Waals surface area contributed by atoms with Gasteiger partial charge in [-0.2, -0.15) is 0 Å². The molecule has 1 rings (SSSR count). The van der Waals surface area contributed by atoms with Crippen LogP contribution >= 0.6 is 0 Å². The van der Waals surface area contributed by atoms with Crippen molar-refractivity contribution in [1.82, 2.24) is 9.80 Å². The van der Waals surface area contributed by atoms with Gasteiger partial charge in [0.25, 0.3) is 0 Å². The maximum atomic E-state index is 14.0. The SMILES string of the molecule is COc1cccc(CN(C)C(C)C(=O)N(C)C)c1F. The van der Waals surface area contributed by atoms with Crippen LogP contribution in [-0.4, -0.2) is 50.0 Å². The standard InChI is InChI=1S/C14H21FN2O2/c1-10(14(18)16(2)3)17(4)9-11-7-6-8-12(19-5)13(11)15/h6-8,10H,9H2,1-5H3. The second-order valence-corrected chi connectivity index (χ2v) is 4.76. The van der Waals surface area contributed by atoms with E-state index in [1.807, 2.05) is 0 Å². The molecule has 0 N–H and O–H groups in total. The first-order valence-corrected chi connectivity index (χ1v) is 6.11. The number of halogens is 1. The van der Waals surface area contributed by atoms with Crippen molar-refractivity contribution in [3.8, 4) is 5.75 Å². The molecule has 0 aliphatic carbocycles. The number of ether oxygens (including phenoxy) is 1. The third-order valence-corrected chi connectivity index (χ3v) is 3.14. The van der Waals surface area contributed by atoms with Crippen LogP contribution in [0.15, 0.2) is 18.2 Å². The summed E-state index contributed by atoms with van der Waals surface area (Å²) in [7, 11) is 6.65. The summed E-state index contributed by atoms with van der Waals surface area (Å²) >= 11 is 0. The quantitative estimate of drug-likeness (QED) is 0.815. The highest BCUT2D eigenvalue weighted by atomic mass is 19.1. The highest BCUT2D eigenvalue weighted by Crippen LogP contribution is 2.21. The molecule has 1 atom stereocenters. The maximum Gasteiger partial charge on any atom is 0.239 e. The monoisotopic (exact) mass is 268 g/mol. The Morgan fingerprint density at radius 1 is 1.37 bits per heavy atom. The zero-order chi connectivity index (χ0) is 14.6. The summed E-state index contributed by atoms with van der Waals surface area (Å²) in [5.74, 6) is -0.162. The van der Waals surface area contributed by atoms with Crippen LogP contribution in [0, 0.1) is 5.82 Å². The fraction of sp³-hybridized carbons (Fsp3) is 0.500. The molecule has 106 valence electrons. The zero-order valence-electron chi connectivity index (χ0n) is 12.1. The van der Waals surface area contributed by atoms with Crippen LogP contribution in [0.3, 0.4) is 0 Å². The molecule has 0 aliphatic heterocycles. The summed E-state index contributed by atoms with van der Waals surface area (Å²) in [6.07, 6.45) is 0. The van der Waals surface area contributed by atoms with Crippen molar-refractivity contribution in [2.24, 2.45) is 0 Å². The van der Waals surface area contributed by atoms with E-state index in [1.54, 1.807) is 51.2 Å². The van der Waals surface area contributed by atoms with Crippen molar-refractivity contribution < 1.29 is 13.9 Å². The number of amides is 1. The molecular weight excluding hydrogens is 247 g/mol. The van der Waals surface area contributed by atoms with Crippen LogP contribution in [-0.2, 0) is 11.3 Å². The van der Waals surface area contributed by atoms with Crippen molar-refractivity contribution >= 4 is 5.91 Å². The van der Waals surface area contributed by atoms with Crippen LogP contribution in [0.1, 0.15) is 12.5 Å². The molecule has 0 bridgehead atoms. The number of likely N-dealkylation sites (N-methyl/N-ethyl adjacent to an activating group) is 2. The van der Waals surface area contributed by atoms with Gasteiger partial charge >= 0.3 is 0 Å². The number of carbonyl (C=O) groups excluding carboxylic acids is 1. The molecule has 4 nitrogen and oxygen atoms in total. The minimum atomic E-state index is -0.374. The molecular formula is C14H21FN2O2. The number of methoxy groups -OCH3 is 1. The molecule has 0 saturated carbocycles. The molecule has 19 heavy (non-hydrogen) atoms. The number of hydrogen-bond acceptors (Lipinski definition) is 3. The van der Waals surface area contributed by atoms with E-state index in [-0.39, 0.29) is 23.5 Å². The predicted octanol–water partition coefficient (Wildman–Crippen LogP) is 1.74. The molecule has 0 radical (unpaired) electrons. The van der Waals surface area contributed by atoms with Gasteiger partial charge in [-0.1, -0.05) is 12.1 Å². The third kappa shape index (κ3) is 3.67. The zero-order valence-corrected chi connectivity index (χ0v) is 12.1. The largest absolute Gasteiger partial charge is 0.494 e. The van der Waals surface area contributed by atoms with Crippen LogP contribution in [0.2, 0.25) is 0 Å². The van der Waals surface area contributed by atoms with E-state index in [2.05, 4.69) is 0 Å². The lowest BCUT2D eigenvalue weighted by molar-refractivity contribution is -0.133. The van der Waals surface area contributed by atoms with Gasteiger partial charge in [-0.15, -0.1) is 0 Å². The van der Waals surface area contributed by atoms with E-state index in [1.165, 1.54) is 12.0 Å². The Kier molecular flexibility index (Phi) is 5.30. The lowest BCUT2D eigenvalue weighted by Gasteiger charge is -2.26. The van der Waals surface area contributed by atoms with Gasteiger partial charge in [0.05, 0.1) is 13.2 Å². The summed E-state index contributed by atoms with van der Waals surface area (Å²) < 4.78 is 19.0. The van der Waals surface area contributed by atoms with Gasteiger partial charge in [0.2, 0.25) is 5.91 Å². The van der Waals surface area contributed by atoms with Gasteiger partial charge in [-0.25, -0.2) is 4.39 Å². The fourth-order valence-corrected chi connectivity index (χ4v) is 1.80. The Balaban J connectivity index is 2.82. The van der Waals surface area contributed by atoms with Crippen molar-refractivity contribution in [2.45, 2.75) is 19.5 Å². The Bertz CT molecular complexity index is 449. The number of benzene rings is 1. The summed E-state index contributed by atoms with van der Waals surface area (Å²) in [6, 6.07) is 4.71. The van der Waals surface area contributed by atoms with Crippen LogP contribution in [0.5, 0.6) is 5.75 Å². The molecule has 0 saturated heterocycles. The molecule has 0 spiro atoms. The highest BCUT2D eigenvalue weighted by molar-refractivity contribution is 5.80. The Morgan fingerprint density at radius 2 is 2.00 bits per heavy atom. The van der Waals surface area contributed by atoms with Gasteiger partial charge in [0, 0.05) is 26.2 Å². The fourth-order valence-electron chi connectivity index (χ4n) is 1.80. The third-order valence-electron chi connectivity index (χ3n) is 3.14. The maximum absolute atomic E-state index is 14.0. The first-order chi connectivity index (χ1) is 8.88. The van der Waals surface area contributed by atoms with Gasteiger partial charge in [0.1, 0.15) is 0 Å². The number of rotatable bonds is 5. The molecule has 1 aromatic carbocycles. The summed E-state index contributed by atoms with van der Waals surface area (Å²) in [6.45, 7) is 2.16. The molecule has 0 fully saturated rings. The first kappa shape index (κ1) is 15.4. The molecule has 0 heterocycles. The molecule has 0 aliphatic rings. The van der Waals surface area contributed by atoms with Crippen molar-refractivity contribution in [3.05, 3.63) is 29.6 Å². The molecule has 1 amide bonds. The molecule has 1 unspecified atom stereocenters. The molecule has 1 aromatic rings. The minimum absolute atomic E-state index is 0.00851. The van der Waals surface area contributed by atoms with Crippen molar-refractivity contribution in [2.75, 3.05) is 28.3 Å². The topological polar surface area (TPSA) is 32.8 Å². The smallest absolute Gasteiger partial charge is 0.239 e. The Labute approximate surface area is 113 Å². The lowest BCUT2D eigenvalue weighted by atomic mass is 10.1. The van der Waals surface area contributed by atoms with Gasteiger partial charge < -0.3 is 9.64 Å². The van der Waals surface area contributed by atoms with Crippen LogP contribution in [0.25, 0.3) is 0 Å². The van der Waals surface area contributed by atoms with Crippen LogP contribution in [0.4, 0.5) is 4.39 Å². The normalized spacial score (nSPS) is 12.4. The predicted molar refractivity (Wildman–Crippen MR) is 72.6 cm³/mol. The Morgan fingerprint density at radius 3 is 2.53 bits per heavy atom. The average molecular weight is 268 g/mol. The summed E-state index contributed by atoms with van der Waals surface area (Å²) in [4.78, 5) is 15.2. The number of nitrogens with zero attached hydrogens (tertiary/aromatic N) is 2. The van der Waals surface area contributed by atoms with Gasteiger partial charge in [0.15, 0.2) is 11.6 Å². The van der Waals surface area contributed by atoms with E-state index >= 15 is 0 Å². The molecule has 0 aromatic heterocycles. The van der Waals surface area contributed by atoms with E-state index < -0.39 is 0 Å². The highest BCUT2D eigenvalue weighted by Gasteiger charge is 2.21. The van der Waals surface area contributed by atoms with E-state index in [0.29, 0.717) is 12.1 Å². The Hall–Kier alpha value is -1.62. The average Bonchev–Trinajstić information content (AvgIpc) is 2.39. The van der Waals surface area contributed by atoms with E-state index in [9.17, 15) is 9.18 Å². The lowest BCUT2D eigenvalue weighted by Crippen LogP contribution is -2.42. The van der Waals surface area contributed by atoms with Gasteiger partial charge in [-0.3, -0.25) is 9.69 Å². The summed E-state index contributed by atoms with van der Waals surface area (Å²) in [5, 5.41) is 0. The van der Waals surface area contributed by atoms with E-state index in [4.69, 9.17) is 4.74 Å². The molecule has 5 heteroatoms. The number of carbonyl (C=O) groups is 1. The second kappa shape index (κ2) is 6.52.